The van der Waals surface area contributed by atoms with Crippen molar-refractivity contribution in [2.45, 2.75) is 51.0 Å². The van der Waals surface area contributed by atoms with Gasteiger partial charge in [0.2, 0.25) is 0 Å². The second-order valence-corrected chi connectivity index (χ2v) is 5.62. The van der Waals surface area contributed by atoms with Gasteiger partial charge in [-0.1, -0.05) is 26.0 Å². The highest BCUT2D eigenvalue weighted by Crippen LogP contribution is 2.34. The molecule has 2 heteroatoms. The summed E-state index contributed by atoms with van der Waals surface area (Å²) in [6, 6.07) is 6.45. The Labute approximate surface area is 103 Å². The van der Waals surface area contributed by atoms with Gasteiger partial charge in [0, 0.05) is 18.2 Å². The monoisotopic (exact) mass is 238 g/mol. The average molecular weight is 239 g/mol. The fraction of sp³-hybridized carbons (Fsp3) is 0.571. The summed E-state index contributed by atoms with van der Waals surface area (Å²) in [5.41, 5.74) is 2.55. The second-order valence-electron chi connectivity index (χ2n) is 5.00. The highest BCUT2D eigenvalue weighted by Gasteiger charge is 2.29. The lowest BCUT2D eigenvalue weighted by Crippen LogP contribution is -2.34. The molecule has 0 aromatic heterocycles. The van der Waals surface area contributed by atoms with Gasteiger partial charge in [0.05, 0.1) is 0 Å². The lowest BCUT2D eigenvalue weighted by Gasteiger charge is -2.32. The number of halogens is 1. The Balaban J connectivity index is 2.14. The predicted octanol–water partition coefficient (Wildman–Crippen LogP) is 4.27. The van der Waals surface area contributed by atoms with E-state index in [4.69, 9.17) is 16.3 Å². The summed E-state index contributed by atoms with van der Waals surface area (Å²) in [7, 11) is 0. The number of aryl methyl sites for hydroxylation is 1. The van der Waals surface area contributed by atoms with Crippen molar-refractivity contribution in [2.24, 2.45) is 0 Å². The predicted molar refractivity (Wildman–Crippen MR) is 68.6 cm³/mol. The number of alkyl halides is 1. The van der Waals surface area contributed by atoms with Crippen LogP contribution in [0.5, 0.6) is 5.75 Å². The zero-order chi connectivity index (χ0) is 11.7. The van der Waals surface area contributed by atoms with Crippen LogP contribution in [0.3, 0.4) is 0 Å². The second kappa shape index (κ2) is 4.67. The van der Waals surface area contributed by atoms with Crippen LogP contribution in [0.25, 0.3) is 0 Å². The van der Waals surface area contributed by atoms with Gasteiger partial charge in [-0.05, 0) is 30.0 Å². The van der Waals surface area contributed by atoms with Crippen LogP contribution >= 0.6 is 11.6 Å². The van der Waals surface area contributed by atoms with Gasteiger partial charge in [0.25, 0.3) is 0 Å². The van der Waals surface area contributed by atoms with Crippen molar-refractivity contribution in [1.82, 2.24) is 0 Å². The van der Waals surface area contributed by atoms with E-state index in [2.05, 4.69) is 39.0 Å². The van der Waals surface area contributed by atoms with E-state index < -0.39 is 0 Å². The average Bonchev–Trinajstić information content (AvgIpc) is 2.15. The van der Waals surface area contributed by atoms with Gasteiger partial charge in [-0.3, -0.25) is 0 Å². The van der Waals surface area contributed by atoms with Crippen LogP contribution in [-0.2, 0) is 0 Å². The summed E-state index contributed by atoms with van der Waals surface area (Å²) < 4.78 is 6.01. The van der Waals surface area contributed by atoms with Crippen molar-refractivity contribution < 1.29 is 4.74 Å². The van der Waals surface area contributed by atoms with Gasteiger partial charge >= 0.3 is 0 Å². The third-order valence-corrected chi connectivity index (χ3v) is 3.48. The van der Waals surface area contributed by atoms with Gasteiger partial charge in [0.1, 0.15) is 11.9 Å². The lowest BCUT2D eigenvalue weighted by molar-refractivity contribution is 0.122. The standard InChI is InChI=1S/C14H19ClO/c1-9(2)13-5-4-10(3)6-14(13)16-12-7-11(15)8-12/h4-6,9,11-12H,7-8H2,1-3H3. The third-order valence-electron chi connectivity index (χ3n) is 3.12. The van der Waals surface area contributed by atoms with Gasteiger partial charge < -0.3 is 4.74 Å². The van der Waals surface area contributed by atoms with E-state index in [0.29, 0.717) is 17.4 Å². The van der Waals surface area contributed by atoms with Crippen molar-refractivity contribution in [1.29, 1.82) is 0 Å². The number of hydrogen-bond donors (Lipinski definition) is 0. The molecule has 1 fully saturated rings. The molecule has 1 aromatic carbocycles. The fourth-order valence-corrected chi connectivity index (χ4v) is 2.40. The zero-order valence-electron chi connectivity index (χ0n) is 10.2. The van der Waals surface area contributed by atoms with Gasteiger partial charge in [0.15, 0.2) is 0 Å². The van der Waals surface area contributed by atoms with E-state index in [1.165, 1.54) is 11.1 Å². The fourth-order valence-electron chi connectivity index (χ4n) is 2.00. The van der Waals surface area contributed by atoms with Crippen molar-refractivity contribution in [3.63, 3.8) is 0 Å². The van der Waals surface area contributed by atoms with E-state index >= 15 is 0 Å². The van der Waals surface area contributed by atoms with Crippen LogP contribution in [-0.4, -0.2) is 11.5 Å². The Morgan fingerprint density at radius 2 is 2.00 bits per heavy atom. The Morgan fingerprint density at radius 1 is 1.31 bits per heavy atom. The molecule has 0 aliphatic heterocycles. The number of hydrogen-bond acceptors (Lipinski definition) is 1. The first-order chi connectivity index (χ1) is 7.56. The molecule has 0 spiro atoms. The number of ether oxygens (including phenoxy) is 1. The summed E-state index contributed by atoms with van der Waals surface area (Å²) in [4.78, 5) is 0. The highest BCUT2D eigenvalue weighted by molar-refractivity contribution is 6.21. The maximum Gasteiger partial charge on any atom is 0.123 e. The van der Waals surface area contributed by atoms with Crippen LogP contribution in [0.2, 0.25) is 0 Å². The summed E-state index contributed by atoms with van der Waals surface area (Å²) in [6.07, 6.45) is 2.28. The Morgan fingerprint density at radius 3 is 2.56 bits per heavy atom. The summed E-state index contributed by atoms with van der Waals surface area (Å²) >= 11 is 5.96. The minimum Gasteiger partial charge on any atom is -0.490 e. The van der Waals surface area contributed by atoms with E-state index in [9.17, 15) is 0 Å². The van der Waals surface area contributed by atoms with Crippen molar-refractivity contribution >= 4 is 11.6 Å². The molecule has 1 aliphatic carbocycles. The maximum absolute atomic E-state index is 6.01. The topological polar surface area (TPSA) is 9.23 Å². The minimum atomic E-state index is 0.317. The Kier molecular flexibility index (Phi) is 3.44. The van der Waals surface area contributed by atoms with Crippen molar-refractivity contribution in [3.05, 3.63) is 29.3 Å². The van der Waals surface area contributed by atoms with E-state index in [-0.39, 0.29) is 0 Å². The first-order valence-corrected chi connectivity index (χ1v) is 6.41. The molecule has 0 amide bonds. The highest BCUT2D eigenvalue weighted by atomic mass is 35.5. The molecule has 1 saturated carbocycles. The van der Waals surface area contributed by atoms with Crippen LogP contribution in [0.15, 0.2) is 18.2 Å². The largest absolute Gasteiger partial charge is 0.490 e. The molecule has 0 radical (unpaired) electrons. The van der Waals surface area contributed by atoms with Crippen LogP contribution < -0.4 is 4.74 Å². The molecule has 88 valence electrons. The summed E-state index contributed by atoms with van der Waals surface area (Å²) in [5.74, 6) is 1.55. The Bertz CT molecular complexity index is 367. The molecule has 1 aromatic rings. The summed E-state index contributed by atoms with van der Waals surface area (Å²) in [6.45, 7) is 6.49. The van der Waals surface area contributed by atoms with Gasteiger partial charge in [-0.25, -0.2) is 0 Å². The molecular formula is C14H19ClO. The number of rotatable bonds is 3. The van der Waals surface area contributed by atoms with Crippen molar-refractivity contribution in [2.75, 3.05) is 0 Å². The normalized spacial score (nSPS) is 24.3. The maximum atomic E-state index is 6.01. The molecule has 16 heavy (non-hydrogen) atoms. The van der Waals surface area contributed by atoms with Gasteiger partial charge in [-0.2, -0.15) is 0 Å². The molecule has 2 rings (SSSR count). The van der Waals surface area contributed by atoms with E-state index in [1.807, 2.05) is 0 Å². The van der Waals surface area contributed by atoms with Crippen LogP contribution in [0, 0.1) is 6.92 Å². The molecule has 0 heterocycles. The first kappa shape index (κ1) is 11.8. The smallest absolute Gasteiger partial charge is 0.123 e. The first-order valence-electron chi connectivity index (χ1n) is 5.97. The minimum absolute atomic E-state index is 0.317. The molecule has 1 aliphatic rings. The molecule has 0 atom stereocenters. The summed E-state index contributed by atoms with van der Waals surface area (Å²) in [5, 5.41) is 0.317. The van der Waals surface area contributed by atoms with Gasteiger partial charge in [-0.15, -0.1) is 11.6 Å². The zero-order valence-corrected chi connectivity index (χ0v) is 10.9. The van der Waals surface area contributed by atoms with Crippen LogP contribution in [0.1, 0.15) is 43.7 Å². The Hall–Kier alpha value is -0.690. The molecule has 1 nitrogen and oxygen atoms in total. The number of benzene rings is 1. The SMILES string of the molecule is Cc1ccc(C(C)C)c(OC2CC(Cl)C2)c1. The quantitative estimate of drug-likeness (QED) is 0.715. The lowest BCUT2D eigenvalue weighted by atomic mass is 9.94. The molecule has 0 bridgehead atoms. The third kappa shape index (κ3) is 2.52. The van der Waals surface area contributed by atoms with Crippen LogP contribution in [0.4, 0.5) is 0 Å². The van der Waals surface area contributed by atoms with Crippen molar-refractivity contribution in [3.8, 4) is 5.75 Å². The molecule has 0 unspecified atom stereocenters. The van der Waals surface area contributed by atoms with E-state index in [1.54, 1.807) is 0 Å². The molecule has 0 saturated heterocycles. The molecule has 0 N–H and O–H groups in total. The molecular weight excluding hydrogens is 220 g/mol. The van der Waals surface area contributed by atoms with E-state index in [0.717, 1.165) is 18.6 Å².